The van der Waals surface area contributed by atoms with Crippen molar-refractivity contribution in [3.63, 3.8) is 0 Å². The van der Waals surface area contributed by atoms with Crippen LogP contribution in [-0.4, -0.2) is 50.7 Å². The Bertz CT molecular complexity index is 1050. The molecule has 1 saturated heterocycles. The number of rotatable bonds is 6. The van der Waals surface area contributed by atoms with E-state index in [1.165, 1.54) is 24.3 Å². The third-order valence-electron chi connectivity index (χ3n) is 5.36. The fraction of sp³-hybridized carbons (Fsp3) is 0.400. The molecule has 1 aliphatic rings. The second-order valence-corrected chi connectivity index (χ2v) is 9.25. The van der Waals surface area contributed by atoms with Crippen molar-refractivity contribution in [3.05, 3.63) is 63.7 Å². The van der Waals surface area contributed by atoms with Gasteiger partial charge in [-0.25, -0.2) is 17.2 Å². The maximum atomic E-state index is 14.3. The molecule has 30 heavy (non-hydrogen) atoms. The second-order valence-electron chi connectivity index (χ2n) is 7.27. The first-order valence-electron chi connectivity index (χ1n) is 9.55. The number of sulfone groups is 1. The minimum atomic E-state index is -3.76. The van der Waals surface area contributed by atoms with Crippen molar-refractivity contribution < 1.29 is 22.1 Å². The Morgan fingerprint density at radius 3 is 2.33 bits per heavy atom. The summed E-state index contributed by atoms with van der Waals surface area (Å²) in [7, 11) is -3.76. The number of benzene rings is 2. The highest BCUT2D eigenvalue weighted by molar-refractivity contribution is 7.90. The number of hydrogen-bond donors (Lipinski definition) is 0. The number of para-hydroxylation sites is 1. The quantitative estimate of drug-likeness (QED) is 0.506. The van der Waals surface area contributed by atoms with Crippen LogP contribution in [0.15, 0.2) is 41.3 Å². The van der Waals surface area contributed by atoms with Gasteiger partial charge in [-0.05, 0) is 24.6 Å². The van der Waals surface area contributed by atoms with E-state index in [9.17, 15) is 27.3 Å². The lowest BCUT2D eigenvalue weighted by molar-refractivity contribution is -0.387. The van der Waals surface area contributed by atoms with Crippen LogP contribution in [0.4, 0.5) is 20.2 Å². The van der Waals surface area contributed by atoms with Crippen molar-refractivity contribution in [1.29, 1.82) is 0 Å². The van der Waals surface area contributed by atoms with Gasteiger partial charge in [-0.2, -0.15) is 0 Å². The van der Waals surface area contributed by atoms with Crippen LogP contribution < -0.4 is 4.90 Å². The van der Waals surface area contributed by atoms with Crippen LogP contribution in [0.1, 0.15) is 24.9 Å². The number of piperazine rings is 1. The zero-order chi connectivity index (χ0) is 22.1. The van der Waals surface area contributed by atoms with Crippen LogP contribution in [0.2, 0.25) is 0 Å². The second kappa shape index (κ2) is 8.65. The molecule has 1 fully saturated rings. The number of hydrogen-bond acceptors (Lipinski definition) is 6. The zero-order valence-corrected chi connectivity index (χ0v) is 17.5. The molecule has 7 nitrogen and oxygen atoms in total. The Kier molecular flexibility index (Phi) is 6.37. The van der Waals surface area contributed by atoms with Crippen molar-refractivity contribution in [1.82, 2.24) is 4.90 Å². The van der Waals surface area contributed by atoms with E-state index in [0.717, 1.165) is 12.3 Å². The average molecular weight is 439 g/mol. The molecule has 0 spiro atoms. The predicted octanol–water partition coefficient (Wildman–Crippen LogP) is 3.55. The summed E-state index contributed by atoms with van der Waals surface area (Å²) < 4.78 is 51.5. The molecule has 0 bridgehead atoms. The average Bonchev–Trinajstić information content (AvgIpc) is 2.69. The van der Waals surface area contributed by atoms with E-state index in [1.807, 2.05) is 6.92 Å². The molecule has 0 saturated carbocycles. The van der Waals surface area contributed by atoms with Crippen molar-refractivity contribution >= 4 is 21.2 Å². The smallest absolute Gasteiger partial charge is 0.311 e. The molecule has 0 radical (unpaired) electrons. The van der Waals surface area contributed by atoms with Gasteiger partial charge in [0.2, 0.25) is 0 Å². The van der Waals surface area contributed by atoms with E-state index < -0.39 is 32.1 Å². The van der Waals surface area contributed by atoms with E-state index in [2.05, 4.69) is 4.90 Å². The van der Waals surface area contributed by atoms with E-state index in [-0.39, 0.29) is 16.6 Å². The summed E-state index contributed by atoms with van der Waals surface area (Å²) >= 11 is 0. The van der Waals surface area contributed by atoms with Crippen LogP contribution in [0, 0.1) is 21.7 Å². The summed E-state index contributed by atoms with van der Waals surface area (Å²) in [5.74, 6) is -1.23. The van der Waals surface area contributed by atoms with E-state index in [0.29, 0.717) is 38.2 Å². The molecule has 1 unspecified atom stereocenters. The third-order valence-corrected chi connectivity index (χ3v) is 6.49. The summed E-state index contributed by atoms with van der Waals surface area (Å²) in [5.41, 5.74) is 0.242. The van der Waals surface area contributed by atoms with Crippen LogP contribution >= 0.6 is 0 Å². The van der Waals surface area contributed by atoms with Gasteiger partial charge in [-0.1, -0.05) is 19.1 Å². The van der Waals surface area contributed by atoms with Crippen LogP contribution in [0.5, 0.6) is 0 Å². The summed E-state index contributed by atoms with van der Waals surface area (Å²) in [6.45, 7) is 3.73. The SMILES string of the molecule is CCC(c1ccc(F)cc1F)N1CCN(c2cccc(S(C)(=O)=O)c2[N+](=O)[O-])CC1. The maximum absolute atomic E-state index is 14.3. The number of nitro benzene ring substituents is 1. The summed E-state index contributed by atoms with van der Waals surface area (Å²) in [6, 6.07) is 7.58. The Balaban J connectivity index is 1.84. The van der Waals surface area contributed by atoms with Crippen molar-refractivity contribution in [2.24, 2.45) is 0 Å². The minimum Gasteiger partial charge on any atom is -0.363 e. The Labute approximate surface area is 174 Å². The monoisotopic (exact) mass is 439 g/mol. The first kappa shape index (κ1) is 22.1. The molecule has 0 aliphatic carbocycles. The lowest BCUT2D eigenvalue weighted by atomic mass is 10.0. The standard InChI is InChI=1S/C20H23F2N3O4S/c1-3-17(15-8-7-14(21)13-16(15)22)23-9-11-24(12-10-23)18-5-4-6-19(30(2,28)29)20(18)25(26)27/h4-8,13,17H,3,9-12H2,1-2H3. The Morgan fingerprint density at radius 2 is 1.80 bits per heavy atom. The van der Waals surface area contributed by atoms with Gasteiger partial charge in [0.1, 0.15) is 22.2 Å². The van der Waals surface area contributed by atoms with Gasteiger partial charge in [-0.15, -0.1) is 0 Å². The van der Waals surface area contributed by atoms with Crippen LogP contribution in [-0.2, 0) is 9.84 Å². The summed E-state index contributed by atoms with van der Waals surface area (Å²) in [5, 5.41) is 11.6. The summed E-state index contributed by atoms with van der Waals surface area (Å²) in [6.07, 6.45) is 1.56. The molecule has 10 heteroatoms. The third kappa shape index (κ3) is 4.44. The van der Waals surface area contributed by atoms with Gasteiger partial charge in [0.25, 0.3) is 0 Å². The lowest BCUT2D eigenvalue weighted by Gasteiger charge is -2.40. The molecular formula is C20H23F2N3O4S. The maximum Gasteiger partial charge on any atom is 0.311 e. The molecule has 162 valence electrons. The predicted molar refractivity (Wildman–Crippen MR) is 109 cm³/mol. The normalized spacial score (nSPS) is 16.5. The molecular weight excluding hydrogens is 416 g/mol. The van der Waals surface area contributed by atoms with E-state index in [4.69, 9.17) is 0 Å². The first-order chi connectivity index (χ1) is 14.1. The van der Waals surface area contributed by atoms with Gasteiger partial charge in [0.15, 0.2) is 9.84 Å². The van der Waals surface area contributed by atoms with Gasteiger partial charge in [-0.3, -0.25) is 15.0 Å². The highest BCUT2D eigenvalue weighted by Gasteiger charge is 2.32. The molecule has 0 amide bonds. The summed E-state index contributed by atoms with van der Waals surface area (Å²) in [4.78, 5) is 14.5. The molecule has 1 heterocycles. The number of nitrogens with zero attached hydrogens (tertiary/aromatic N) is 3. The van der Waals surface area contributed by atoms with E-state index >= 15 is 0 Å². The number of anilines is 1. The van der Waals surface area contributed by atoms with Crippen LogP contribution in [0.25, 0.3) is 0 Å². The number of halogens is 2. The minimum absolute atomic E-state index is 0.245. The fourth-order valence-electron chi connectivity index (χ4n) is 3.97. The van der Waals surface area contributed by atoms with Gasteiger partial charge >= 0.3 is 5.69 Å². The molecule has 1 aliphatic heterocycles. The van der Waals surface area contributed by atoms with E-state index in [1.54, 1.807) is 11.0 Å². The molecule has 1 atom stereocenters. The largest absolute Gasteiger partial charge is 0.363 e. The Morgan fingerprint density at radius 1 is 1.13 bits per heavy atom. The highest BCUT2D eigenvalue weighted by Crippen LogP contribution is 2.36. The van der Waals surface area contributed by atoms with Crippen molar-refractivity contribution in [2.75, 3.05) is 37.3 Å². The van der Waals surface area contributed by atoms with Crippen molar-refractivity contribution in [2.45, 2.75) is 24.3 Å². The zero-order valence-electron chi connectivity index (χ0n) is 16.7. The Hall–Kier alpha value is -2.59. The highest BCUT2D eigenvalue weighted by atomic mass is 32.2. The molecule has 3 rings (SSSR count). The lowest BCUT2D eigenvalue weighted by Crippen LogP contribution is -2.48. The van der Waals surface area contributed by atoms with Gasteiger partial charge in [0.05, 0.1) is 4.92 Å². The van der Waals surface area contributed by atoms with Gasteiger partial charge in [0, 0.05) is 50.1 Å². The topological polar surface area (TPSA) is 83.8 Å². The molecule has 0 aromatic heterocycles. The van der Waals surface area contributed by atoms with Crippen molar-refractivity contribution in [3.8, 4) is 0 Å². The first-order valence-corrected chi connectivity index (χ1v) is 11.4. The van der Waals surface area contributed by atoms with Gasteiger partial charge < -0.3 is 4.90 Å². The fourth-order valence-corrected chi connectivity index (χ4v) is 4.83. The van der Waals surface area contributed by atoms with Crippen LogP contribution in [0.3, 0.4) is 0 Å². The molecule has 2 aromatic carbocycles. The molecule has 2 aromatic rings. The molecule has 0 N–H and O–H groups in total. The number of nitro groups is 1.